The number of thioether (sulfide) groups is 1. The van der Waals surface area contributed by atoms with Gasteiger partial charge in [-0.1, -0.05) is 29.4 Å². The van der Waals surface area contributed by atoms with E-state index in [9.17, 15) is 9.59 Å². The highest BCUT2D eigenvalue weighted by Gasteiger charge is 2.29. The van der Waals surface area contributed by atoms with E-state index >= 15 is 0 Å². The summed E-state index contributed by atoms with van der Waals surface area (Å²) in [6.45, 7) is 8.26. The Kier molecular flexibility index (Phi) is 6.27. The molecule has 0 bridgehead atoms. The Hall–Kier alpha value is -1.79. The SMILES string of the molecule is C=CCn1c(SCC(=O)N2[C@H](C)CCC[C@@H]2C)nc2ccc(Cl)cc2c1=O. The average Bonchev–Trinajstić information content (AvgIpc) is 2.63. The number of nitrogens with zero attached hydrogens (tertiary/aromatic N) is 3. The Morgan fingerprint density at radius 1 is 1.37 bits per heavy atom. The average molecular weight is 406 g/mol. The summed E-state index contributed by atoms with van der Waals surface area (Å²) in [5, 5.41) is 1.49. The number of piperidine rings is 1. The third-order valence-corrected chi connectivity index (χ3v) is 6.20. The lowest BCUT2D eigenvalue weighted by molar-refractivity contribution is -0.134. The molecule has 1 saturated heterocycles. The number of carbonyl (C=O) groups is 1. The maximum absolute atomic E-state index is 12.8. The van der Waals surface area contributed by atoms with Crippen LogP contribution in [-0.2, 0) is 11.3 Å². The molecular weight excluding hydrogens is 382 g/mol. The van der Waals surface area contributed by atoms with Gasteiger partial charge in [0.2, 0.25) is 5.91 Å². The highest BCUT2D eigenvalue weighted by molar-refractivity contribution is 7.99. The Morgan fingerprint density at radius 2 is 2.07 bits per heavy atom. The van der Waals surface area contributed by atoms with Crippen LogP contribution in [0.3, 0.4) is 0 Å². The van der Waals surface area contributed by atoms with E-state index in [0.29, 0.717) is 27.6 Å². The number of benzene rings is 1. The summed E-state index contributed by atoms with van der Waals surface area (Å²) in [5.74, 6) is 0.354. The van der Waals surface area contributed by atoms with Crippen molar-refractivity contribution in [1.29, 1.82) is 0 Å². The highest BCUT2D eigenvalue weighted by atomic mass is 35.5. The van der Waals surface area contributed by atoms with Crippen molar-refractivity contribution in [3.63, 3.8) is 0 Å². The van der Waals surface area contributed by atoms with Gasteiger partial charge in [0, 0.05) is 23.7 Å². The molecule has 144 valence electrons. The first-order valence-corrected chi connectivity index (χ1v) is 10.5. The van der Waals surface area contributed by atoms with Gasteiger partial charge in [-0.3, -0.25) is 14.2 Å². The van der Waals surface area contributed by atoms with Crippen LogP contribution in [-0.4, -0.2) is 38.2 Å². The van der Waals surface area contributed by atoms with E-state index < -0.39 is 0 Å². The van der Waals surface area contributed by atoms with E-state index in [1.165, 1.54) is 11.8 Å². The van der Waals surface area contributed by atoms with Gasteiger partial charge in [0.15, 0.2) is 5.16 Å². The molecule has 2 atom stereocenters. The smallest absolute Gasteiger partial charge is 0.262 e. The molecule has 1 aliphatic rings. The molecule has 2 aromatic rings. The summed E-state index contributed by atoms with van der Waals surface area (Å²) < 4.78 is 1.55. The Labute approximate surface area is 168 Å². The molecule has 0 radical (unpaired) electrons. The Balaban J connectivity index is 1.88. The number of carbonyl (C=O) groups excluding carboxylic acids is 1. The zero-order chi connectivity index (χ0) is 19.6. The molecule has 0 saturated carbocycles. The van der Waals surface area contributed by atoms with Gasteiger partial charge in [-0.05, 0) is 51.3 Å². The third kappa shape index (κ3) is 4.22. The monoisotopic (exact) mass is 405 g/mol. The van der Waals surface area contributed by atoms with Crippen molar-refractivity contribution >= 4 is 40.2 Å². The Morgan fingerprint density at radius 3 is 2.74 bits per heavy atom. The van der Waals surface area contributed by atoms with Crippen LogP contribution in [0, 0.1) is 0 Å². The normalized spacial score (nSPS) is 20.0. The first-order valence-electron chi connectivity index (χ1n) is 9.17. The van der Waals surface area contributed by atoms with Crippen molar-refractivity contribution in [3.8, 4) is 0 Å². The molecule has 0 N–H and O–H groups in total. The Bertz CT molecular complexity index is 917. The van der Waals surface area contributed by atoms with Crippen molar-refractivity contribution in [2.45, 2.75) is 56.9 Å². The number of aromatic nitrogens is 2. The van der Waals surface area contributed by atoms with E-state index in [0.717, 1.165) is 19.3 Å². The van der Waals surface area contributed by atoms with Crippen molar-refractivity contribution < 1.29 is 4.79 Å². The minimum Gasteiger partial charge on any atom is -0.337 e. The maximum Gasteiger partial charge on any atom is 0.262 e. The standard InChI is InChI=1S/C20H24ClN3O2S/c1-4-10-23-19(26)16-11-15(21)8-9-17(16)22-20(23)27-12-18(25)24-13(2)6-5-7-14(24)3/h4,8-9,11,13-14H,1,5-7,10,12H2,2-3H3/t13-,14+. The van der Waals surface area contributed by atoms with Crippen LogP contribution in [0.25, 0.3) is 10.9 Å². The first kappa shape index (κ1) is 20.0. The molecule has 0 aliphatic carbocycles. The van der Waals surface area contributed by atoms with Gasteiger partial charge >= 0.3 is 0 Å². The van der Waals surface area contributed by atoms with Crippen LogP contribution in [0.5, 0.6) is 0 Å². The van der Waals surface area contributed by atoms with E-state index in [-0.39, 0.29) is 29.3 Å². The molecule has 7 heteroatoms. The molecule has 5 nitrogen and oxygen atoms in total. The van der Waals surface area contributed by atoms with Crippen molar-refractivity contribution in [1.82, 2.24) is 14.5 Å². The number of hydrogen-bond donors (Lipinski definition) is 0. The number of amides is 1. The largest absolute Gasteiger partial charge is 0.337 e. The molecule has 1 aliphatic heterocycles. The zero-order valence-corrected chi connectivity index (χ0v) is 17.2. The fourth-order valence-corrected chi connectivity index (χ4v) is 4.74. The topological polar surface area (TPSA) is 55.2 Å². The molecule has 0 spiro atoms. The second-order valence-electron chi connectivity index (χ2n) is 6.98. The fraction of sp³-hybridized carbons (Fsp3) is 0.450. The van der Waals surface area contributed by atoms with E-state index in [4.69, 9.17) is 11.6 Å². The summed E-state index contributed by atoms with van der Waals surface area (Å²) in [5.41, 5.74) is 0.413. The molecular formula is C20H24ClN3O2S. The quantitative estimate of drug-likeness (QED) is 0.426. The number of hydrogen-bond acceptors (Lipinski definition) is 4. The molecule has 1 aromatic heterocycles. The van der Waals surface area contributed by atoms with Gasteiger partial charge in [0.25, 0.3) is 5.56 Å². The molecule has 2 heterocycles. The maximum atomic E-state index is 12.8. The number of rotatable bonds is 5. The van der Waals surface area contributed by atoms with Gasteiger partial charge < -0.3 is 4.90 Å². The van der Waals surface area contributed by atoms with Gasteiger partial charge in [-0.25, -0.2) is 4.98 Å². The van der Waals surface area contributed by atoms with E-state index in [2.05, 4.69) is 25.4 Å². The lowest BCUT2D eigenvalue weighted by Crippen LogP contribution is -2.48. The summed E-state index contributed by atoms with van der Waals surface area (Å²) >= 11 is 7.33. The summed E-state index contributed by atoms with van der Waals surface area (Å²) in [6, 6.07) is 5.58. The second-order valence-corrected chi connectivity index (χ2v) is 8.36. The third-order valence-electron chi connectivity index (χ3n) is 5.00. The number of likely N-dealkylation sites (tertiary alicyclic amines) is 1. The van der Waals surface area contributed by atoms with E-state index in [1.54, 1.807) is 28.8 Å². The number of allylic oxidation sites excluding steroid dienone is 1. The molecule has 1 amide bonds. The molecule has 27 heavy (non-hydrogen) atoms. The predicted molar refractivity (Wildman–Crippen MR) is 112 cm³/mol. The molecule has 0 unspecified atom stereocenters. The molecule has 1 fully saturated rings. The molecule has 1 aromatic carbocycles. The van der Waals surface area contributed by atoms with Crippen LogP contribution in [0.1, 0.15) is 33.1 Å². The number of halogens is 1. The number of fused-ring (bicyclic) bond motifs is 1. The van der Waals surface area contributed by atoms with Gasteiger partial charge in [0.05, 0.1) is 16.7 Å². The van der Waals surface area contributed by atoms with Crippen molar-refractivity contribution in [3.05, 3.63) is 46.2 Å². The van der Waals surface area contributed by atoms with Crippen LogP contribution in [0.15, 0.2) is 40.8 Å². The second kappa shape index (κ2) is 8.48. The van der Waals surface area contributed by atoms with Crippen molar-refractivity contribution in [2.75, 3.05) is 5.75 Å². The van der Waals surface area contributed by atoms with Gasteiger partial charge in [-0.2, -0.15) is 0 Å². The summed E-state index contributed by atoms with van der Waals surface area (Å²) in [7, 11) is 0. The lowest BCUT2D eigenvalue weighted by atomic mass is 9.98. The first-order chi connectivity index (χ1) is 12.9. The summed E-state index contributed by atoms with van der Waals surface area (Å²) in [4.78, 5) is 32.2. The van der Waals surface area contributed by atoms with E-state index in [1.807, 2.05) is 4.90 Å². The minimum absolute atomic E-state index is 0.0929. The summed E-state index contributed by atoms with van der Waals surface area (Å²) in [6.07, 6.45) is 4.89. The highest BCUT2D eigenvalue weighted by Crippen LogP contribution is 2.25. The van der Waals surface area contributed by atoms with Gasteiger partial charge in [0.1, 0.15) is 0 Å². The van der Waals surface area contributed by atoms with Crippen LogP contribution < -0.4 is 5.56 Å². The van der Waals surface area contributed by atoms with Gasteiger partial charge in [-0.15, -0.1) is 6.58 Å². The van der Waals surface area contributed by atoms with Crippen LogP contribution in [0.2, 0.25) is 5.02 Å². The lowest BCUT2D eigenvalue weighted by Gasteiger charge is -2.39. The zero-order valence-electron chi connectivity index (χ0n) is 15.7. The minimum atomic E-state index is -0.169. The molecule has 3 rings (SSSR count). The fourth-order valence-electron chi connectivity index (χ4n) is 3.69. The predicted octanol–water partition coefficient (Wildman–Crippen LogP) is 4.12. The van der Waals surface area contributed by atoms with Crippen LogP contribution in [0.4, 0.5) is 0 Å². The van der Waals surface area contributed by atoms with Crippen molar-refractivity contribution in [2.24, 2.45) is 0 Å². The van der Waals surface area contributed by atoms with Crippen LogP contribution >= 0.6 is 23.4 Å².